The Bertz CT molecular complexity index is 773. The quantitative estimate of drug-likeness (QED) is 0.718. The van der Waals surface area contributed by atoms with Gasteiger partial charge in [0.15, 0.2) is 5.82 Å². The third-order valence-electron chi connectivity index (χ3n) is 4.04. The van der Waals surface area contributed by atoms with E-state index in [0.717, 1.165) is 34.3 Å². The van der Waals surface area contributed by atoms with Crippen LogP contribution in [0.15, 0.2) is 24.3 Å². The Morgan fingerprint density at radius 3 is 2.71 bits per heavy atom. The zero-order valence-electron chi connectivity index (χ0n) is 12.8. The molecule has 0 amide bonds. The fourth-order valence-electron chi connectivity index (χ4n) is 2.94. The number of imidazole rings is 1. The van der Waals surface area contributed by atoms with Gasteiger partial charge in [0.1, 0.15) is 11.3 Å². The van der Waals surface area contributed by atoms with Crippen LogP contribution in [0.5, 0.6) is 0 Å². The van der Waals surface area contributed by atoms with Crippen LogP contribution in [0.4, 0.5) is 5.82 Å². The number of rotatable bonds is 5. The molecule has 0 aliphatic rings. The van der Waals surface area contributed by atoms with Gasteiger partial charge in [-0.05, 0) is 19.4 Å². The minimum atomic E-state index is 0.527. The van der Waals surface area contributed by atoms with Gasteiger partial charge in [0, 0.05) is 11.9 Å². The number of nitrogens with zero attached hydrogens (tertiary/aromatic N) is 3. The first-order valence-electron chi connectivity index (χ1n) is 7.73. The second-order valence-corrected chi connectivity index (χ2v) is 5.58. The molecule has 4 heteroatoms. The number of nitrogen functional groups attached to an aromatic ring is 1. The van der Waals surface area contributed by atoms with Crippen LogP contribution in [-0.2, 0) is 6.54 Å². The number of fused-ring (bicyclic) bond motifs is 3. The Kier molecular flexibility index (Phi) is 3.78. The molecule has 2 heterocycles. The largest absolute Gasteiger partial charge is 0.382 e. The normalized spacial score (nSPS) is 11.5. The van der Waals surface area contributed by atoms with E-state index in [0.29, 0.717) is 5.82 Å². The lowest BCUT2D eigenvalue weighted by molar-refractivity contribution is 0.583. The molecule has 4 nitrogen and oxygen atoms in total. The van der Waals surface area contributed by atoms with Gasteiger partial charge in [-0.3, -0.25) is 0 Å². The maximum absolute atomic E-state index is 6.09. The number of nitrogens with two attached hydrogens (primary N) is 1. The van der Waals surface area contributed by atoms with Gasteiger partial charge in [-0.2, -0.15) is 0 Å². The number of aryl methyl sites for hydroxylation is 2. The summed E-state index contributed by atoms with van der Waals surface area (Å²) in [4.78, 5) is 9.11. The Hall–Kier alpha value is -2.10. The molecule has 3 aromatic rings. The molecule has 0 saturated carbocycles. The molecule has 0 bridgehead atoms. The van der Waals surface area contributed by atoms with E-state index in [1.54, 1.807) is 0 Å². The number of anilines is 1. The lowest BCUT2D eigenvalue weighted by Gasteiger charge is -2.09. The van der Waals surface area contributed by atoms with Crippen molar-refractivity contribution in [3.63, 3.8) is 0 Å². The smallest absolute Gasteiger partial charge is 0.152 e. The van der Waals surface area contributed by atoms with Crippen LogP contribution in [0, 0.1) is 6.92 Å². The summed E-state index contributed by atoms with van der Waals surface area (Å²) < 4.78 is 2.30. The summed E-state index contributed by atoms with van der Waals surface area (Å²) >= 11 is 0. The van der Waals surface area contributed by atoms with Crippen LogP contribution >= 0.6 is 0 Å². The Morgan fingerprint density at radius 1 is 1.10 bits per heavy atom. The van der Waals surface area contributed by atoms with E-state index in [9.17, 15) is 0 Å². The number of hydrogen-bond acceptors (Lipinski definition) is 3. The van der Waals surface area contributed by atoms with Crippen LogP contribution < -0.4 is 5.73 Å². The lowest BCUT2D eigenvalue weighted by atomic mass is 10.1. The summed E-state index contributed by atoms with van der Waals surface area (Å²) in [6.07, 6.45) is 4.98. The summed E-state index contributed by atoms with van der Waals surface area (Å²) in [7, 11) is 0. The van der Waals surface area contributed by atoms with Crippen LogP contribution in [-0.4, -0.2) is 14.5 Å². The van der Waals surface area contributed by atoms with E-state index in [1.165, 1.54) is 25.7 Å². The summed E-state index contributed by atoms with van der Waals surface area (Å²) in [6, 6.07) is 8.15. The third-order valence-corrected chi connectivity index (χ3v) is 4.04. The van der Waals surface area contributed by atoms with Gasteiger partial charge in [-0.25, -0.2) is 9.97 Å². The molecular formula is C17H22N4. The molecule has 0 aliphatic carbocycles. The SMILES string of the molecule is CCCCCCn1c(C)nc2c(N)nc3ccccc3c21. The predicted octanol–water partition coefficient (Wildman–Crippen LogP) is 4.06. The number of unbranched alkanes of at least 4 members (excludes halogenated alkanes) is 3. The number of benzene rings is 1. The molecule has 0 radical (unpaired) electrons. The zero-order valence-corrected chi connectivity index (χ0v) is 12.8. The van der Waals surface area contributed by atoms with Gasteiger partial charge in [0.25, 0.3) is 0 Å². The second-order valence-electron chi connectivity index (χ2n) is 5.58. The summed E-state index contributed by atoms with van der Waals surface area (Å²) in [5.41, 5.74) is 9.00. The lowest BCUT2D eigenvalue weighted by Crippen LogP contribution is -2.01. The minimum absolute atomic E-state index is 0.527. The van der Waals surface area contributed by atoms with E-state index in [-0.39, 0.29) is 0 Å². The standard InChI is InChI=1S/C17H22N4/c1-3-4-5-8-11-21-12(2)19-15-16(21)13-9-6-7-10-14(13)20-17(15)18/h6-7,9-10H,3-5,8,11H2,1-2H3,(H2,18,20). The van der Waals surface area contributed by atoms with Gasteiger partial charge >= 0.3 is 0 Å². The van der Waals surface area contributed by atoms with E-state index >= 15 is 0 Å². The molecule has 110 valence electrons. The van der Waals surface area contributed by atoms with Gasteiger partial charge in [0.05, 0.1) is 11.0 Å². The van der Waals surface area contributed by atoms with Crippen molar-refractivity contribution in [3.8, 4) is 0 Å². The van der Waals surface area contributed by atoms with Crippen LogP contribution in [0.25, 0.3) is 21.9 Å². The van der Waals surface area contributed by atoms with Crippen molar-refractivity contribution in [3.05, 3.63) is 30.1 Å². The van der Waals surface area contributed by atoms with Crippen molar-refractivity contribution in [1.82, 2.24) is 14.5 Å². The van der Waals surface area contributed by atoms with Crippen molar-refractivity contribution in [2.45, 2.75) is 46.1 Å². The molecular weight excluding hydrogens is 260 g/mol. The summed E-state index contributed by atoms with van der Waals surface area (Å²) in [5.74, 6) is 1.55. The van der Waals surface area contributed by atoms with Gasteiger partial charge in [-0.15, -0.1) is 0 Å². The van der Waals surface area contributed by atoms with E-state index in [2.05, 4.69) is 27.5 Å². The van der Waals surface area contributed by atoms with Crippen molar-refractivity contribution in [2.24, 2.45) is 0 Å². The highest BCUT2D eigenvalue weighted by atomic mass is 15.1. The Labute approximate surface area is 125 Å². The predicted molar refractivity (Wildman–Crippen MR) is 88.3 cm³/mol. The fraction of sp³-hybridized carbons (Fsp3) is 0.412. The third kappa shape index (κ3) is 2.46. The molecule has 0 aliphatic heterocycles. The van der Waals surface area contributed by atoms with Crippen molar-refractivity contribution < 1.29 is 0 Å². The molecule has 0 saturated heterocycles. The second kappa shape index (κ2) is 5.72. The Morgan fingerprint density at radius 2 is 1.90 bits per heavy atom. The fourth-order valence-corrected chi connectivity index (χ4v) is 2.94. The average Bonchev–Trinajstić information content (AvgIpc) is 2.82. The zero-order chi connectivity index (χ0) is 14.8. The molecule has 1 aromatic carbocycles. The van der Waals surface area contributed by atoms with Crippen molar-refractivity contribution in [2.75, 3.05) is 5.73 Å². The van der Waals surface area contributed by atoms with E-state index in [1.807, 2.05) is 25.1 Å². The number of pyridine rings is 1. The topological polar surface area (TPSA) is 56.7 Å². The average molecular weight is 282 g/mol. The molecule has 0 atom stereocenters. The van der Waals surface area contributed by atoms with Gasteiger partial charge in [-0.1, -0.05) is 44.4 Å². The highest BCUT2D eigenvalue weighted by molar-refractivity contribution is 6.06. The number of hydrogen-bond donors (Lipinski definition) is 1. The van der Waals surface area contributed by atoms with Crippen molar-refractivity contribution >= 4 is 27.8 Å². The van der Waals surface area contributed by atoms with Gasteiger partial charge in [0.2, 0.25) is 0 Å². The highest BCUT2D eigenvalue weighted by Crippen LogP contribution is 2.28. The molecule has 0 spiro atoms. The molecule has 2 aromatic heterocycles. The van der Waals surface area contributed by atoms with Crippen LogP contribution in [0.3, 0.4) is 0 Å². The molecule has 0 unspecified atom stereocenters. The van der Waals surface area contributed by atoms with Crippen molar-refractivity contribution in [1.29, 1.82) is 0 Å². The van der Waals surface area contributed by atoms with Crippen LogP contribution in [0.2, 0.25) is 0 Å². The first-order chi connectivity index (χ1) is 10.2. The highest BCUT2D eigenvalue weighted by Gasteiger charge is 2.14. The summed E-state index contributed by atoms with van der Waals surface area (Å²) in [5, 5.41) is 1.14. The maximum atomic E-state index is 6.09. The van der Waals surface area contributed by atoms with E-state index < -0.39 is 0 Å². The minimum Gasteiger partial charge on any atom is -0.382 e. The monoisotopic (exact) mass is 282 g/mol. The Balaban J connectivity index is 2.12. The summed E-state index contributed by atoms with van der Waals surface area (Å²) in [6.45, 7) is 5.28. The van der Waals surface area contributed by atoms with Crippen LogP contribution in [0.1, 0.15) is 38.4 Å². The number of aromatic nitrogens is 3. The molecule has 0 fully saturated rings. The van der Waals surface area contributed by atoms with E-state index in [4.69, 9.17) is 5.73 Å². The molecule has 21 heavy (non-hydrogen) atoms. The first-order valence-corrected chi connectivity index (χ1v) is 7.73. The number of para-hydroxylation sites is 1. The molecule has 3 rings (SSSR count). The first kappa shape index (κ1) is 13.9. The maximum Gasteiger partial charge on any atom is 0.152 e. The van der Waals surface area contributed by atoms with Gasteiger partial charge < -0.3 is 10.3 Å². The molecule has 2 N–H and O–H groups in total.